The fraction of sp³-hybridized carbons (Fsp3) is 0.889. The van der Waals surface area contributed by atoms with Crippen molar-refractivity contribution >= 4 is 12.1 Å². The van der Waals surface area contributed by atoms with E-state index in [-0.39, 0.29) is 17.7 Å². The molecule has 0 radical (unpaired) electrons. The Balaban J connectivity index is 1.78. The van der Waals surface area contributed by atoms with Crippen LogP contribution in [0.3, 0.4) is 0 Å². The van der Waals surface area contributed by atoms with Gasteiger partial charge in [-0.2, -0.15) is 0 Å². The third-order valence-corrected chi connectivity index (χ3v) is 5.05. The average molecular weight is 370 g/mol. The van der Waals surface area contributed by atoms with Gasteiger partial charge in [0.1, 0.15) is 5.60 Å². The Hall–Kier alpha value is -1.54. The molecule has 26 heavy (non-hydrogen) atoms. The molecule has 150 valence electrons. The highest BCUT2D eigenvalue weighted by Gasteiger charge is 2.36. The van der Waals surface area contributed by atoms with Gasteiger partial charge >= 0.3 is 6.09 Å². The summed E-state index contributed by atoms with van der Waals surface area (Å²) >= 11 is 0. The van der Waals surface area contributed by atoms with Gasteiger partial charge in [0.25, 0.3) is 0 Å². The summed E-state index contributed by atoms with van der Waals surface area (Å²) in [7, 11) is 6.01. The zero-order valence-electron chi connectivity index (χ0n) is 17.1. The highest BCUT2D eigenvalue weighted by Crippen LogP contribution is 2.25. The number of hydrogen-bond donors (Lipinski definition) is 2. The number of carbonyl (C=O) groups excluding carboxylic acids is 1. The summed E-state index contributed by atoms with van der Waals surface area (Å²) in [5, 5.41) is 6.84. The van der Waals surface area contributed by atoms with Crippen LogP contribution >= 0.6 is 0 Å². The van der Waals surface area contributed by atoms with Crippen LogP contribution in [0.5, 0.6) is 0 Å². The maximum absolute atomic E-state index is 12.0. The lowest BCUT2D eigenvalue weighted by atomic mass is 9.88. The molecule has 0 bridgehead atoms. The van der Waals surface area contributed by atoms with E-state index in [1.54, 1.807) is 11.9 Å². The molecule has 2 aliphatic rings. The van der Waals surface area contributed by atoms with Gasteiger partial charge in [-0.3, -0.25) is 4.99 Å². The Labute approximate surface area is 157 Å². The van der Waals surface area contributed by atoms with Crippen LogP contribution < -0.4 is 10.6 Å². The third-order valence-electron chi connectivity index (χ3n) is 5.05. The van der Waals surface area contributed by atoms with Crippen molar-refractivity contribution in [2.45, 2.75) is 50.8 Å². The molecule has 0 aromatic carbocycles. The molecule has 8 heteroatoms. The number of likely N-dealkylation sites (tertiary alicyclic amines) is 1. The number of carbonyl (C=O) groups is 1. The molecule has 0 aliphatic carbocycles. The number of nitrogens with one attached hydrogen (secondary N) is 2. The molecule has 8 nitrogen and oxygen atoms in total. The first-order valence-electron chi connectivity index (χ1n) is 9.35. The van der Waals surface area contributed by atoms with E-state index < -0.39 is 5.60 Å². The van der Waals surface area contributed by atoms with Crippen molar-refractivity contribution in [2.75, 3.05) is 54.0 Å². The Morgan fingerprint density at radius 2 is 1.92 bits per heavy atom. The molecule has 0 unspecified atom stereocenters. The van der Waals surface area contributed by atoms with Gasteiger partial charge in [-0.25, -0.2) is 4.79 Å². The predicted octanol–water partition coefficient (Wildman–Crippen LogP) is 0.882. The van der Waals surface area contributed by atoms with E-state index >= 15 is 0 Å². The van der Waals surface area contributed by atoms with Crippen molar-refractivity contribution < 1.29 is 14.3 Å². The van der Waals surface area contributed by atoms with E-state index in [0.717, 1.165) is 38.6 Å². The molecule has 2 N–H and O–H groups in total. The van der Waals surface area contributed by atoms with E-state index in [9.17, 15) is 4.79 Å². The summed E-state index contributed by atoms with van der Waals surface area (Å²) in [5.74, 6) is 0.770. The highest BCUT2D eigenvalue weighted by atomic mass is 16.6. The minimum atomic E-state index is -0.461. The second kappa shape index (κ2) is 8.43. The monoisotopic (exact) mass is 369 g/mol. The Morgan fingerprint density at radius 1 is 1.31 bits per heavy atom. The number of aliphatic imine (C=N–C) groups is 1. The summed E-state index contributed by atoms with van der Waals surface area (Å²) in [6.45, 7) is 9.28. The predicted molar refractivity (Wildman–Crippen MR) is 103 cm³/mol. The smallest absolute Gasteiger partial charge is 0.410 e. The Kier molecular flexibility index (Phi) is 6.74. The first-order chi connectivity index (χ1) is 12.1. The molecule has 2 rings (SSSR count). The second-order valence-electron chi connectivity index (χ2n) is 8.38. The van der Waals surface area contributed by atoms with Crippen molar-refractivity contribution in [3.63, 3.8) is 0 Å². The lowest BCUT2D eigenvalue weighted by molar-refractivity contribution is -0.00517. The maximum atomic E-state index is 12.0. The topological polar surface area (TPSA) is 78.4 Å². The molecule has 1 amide bonds. The van der Waals surface area contributed by atoms with Crippen molar-refractivity contribution in [3.8, 4) is 0 Å². The fourth-order valence-corrected chi connectivity index (χ4v) is 3.22. The first kappa shape index (κ1) is 20.8. The van der Waals surface area contributed by atoms with Gasteiger partial charge < -0.3 is 29.9 Å². The number of hydrogen-bond acceptors (Lipinski definition) is 5. The largest absolute Gasteiger partial charge is 0.444 e. The molecule has 0 atom stereocenters. The molecular weight excluding hydrogens is 334 g/mol. The Bertz CT molecular complexity index is 503. The minimum Gasteiger partial charge on any atom is -0.444 e. The zero-order chi connectivity index (χ0) is 19.4. The number of rotatable bonds is 4. The third kappa shape index (κ3) is 5.48. The van der Waals surface area contributed by atoms with Gasteiger partial charge in [0.2, 0.25) is 0 Å². The van der Waals surface area contributed by atoms with Crippen LogP contribution in [0.25, 0.3) is 0 Å². The van der Waals surface area contributed by atoms with E-state index in [0.29, 0.717) is 13.1 Å². The van der Waals surface area contributed by atoms with E-state index in [2.05, 4.69) is 34.6 Å². The first-order valence-corrected chi connectivity index (χ1v) is 9.35. The molecule has 2 fully saturated rings. The normalized spacial score (nSPS) is 21.3. The summed E-state index contributed by atoms with van der Waals surface area (Å²) in [4.78, 5) is 20.3. The number of nitrogens with zero attached hydrogens (tertiary/aromatic N) is 3. The molecule has 2 heterocycles. The van der Waals surface area contributed by atoms with E-state index in [4.69, 9.17) is 9.47 Å². The van der Waals surface area contributed by atoms with E-state index in [1.807, 2.05) is 20.8 Å². The van der Waals surface area contributed by atoms with Crippen molar-refractivity contribution in [1.82, 2.24) is 20.4 Å². The maximum Gasteiger partial charge on any atom is 0.410 e. The second-order valence-corrected chi connectivity index (χ2v) is 8.38. The molecule has 0 aromatic heterocycles. The van der Waals surface area contributed by atoms with Crippen LogP contribution in [0.4, 0.5) is 4.79 Å². The SMILES string of the molecule is CN=C(NCC1(N(C)C)CCOCC1)NC1CN(C(=O)OC(C)(C)C)C1. The Morgan fingerprint density at radius 3 is 2.42 bits per heavy atom. The fourth-order valence-electron chi connectivity index (χ4n) is 3.22. The lowest BCUT2D eigenvalue weighted by Gasteiger charge is -2.44. The number of amides is 1. The molecular formula is C18H35N5O3. The highest BCUT2D eigenvalue weighted by molar-refractivity contribution is 5.80. The average Bonchev–Trinajstić information content (AvgIpc) is 2.52. The summed E-state index contributed by atoms with van der Waals surface area (Å²) in [6, 6.07) is 0.193. The molecule has 0 spiro atoms. The summed E-state index contributed by atoms with van der Waals surface area (Å²) < 4.78 is 10.9. The lowest BCUT2D eigenvalue weighted by Crippen LogP contribution is -2.64. The van der Waals surface area contributed by atoms with Crippen LogP contribution in [-0.4, -0.2) is 93.0 Å². The van der Waals surface area contributed by atoms with Crippen LogP contribution in [0.2, 0.25) is 0 Å². The number of guanidine groups is 1. The zero-order valence-corrected chi connectivity index (χ0v) is 17.1. The van der Waals surface area contributed by atoms with Gasteiger partial charge in [0.15, 0.2) is 5.96 Å². The van der Waals surface area contributed by atoms with Crippen LogP contribution in [0, 0.1) is 0 Å². The van der Waals surface area contributed by atoms with Gasteiger partial charge in [-0.05, 0) is 47.7 Å². The number of likely N-dealkylation sites (N-methyl/N-ethyl adjacent to an activating group) is 1. The van der Waals surface area contributed by atoms with Gasteiger partial charge in [-0.15, -0.1) is 0 Å². The number of ether oxygens (including phenoxy) is 2. The quantitative estimate of drug-likeness (QED) is 0.566. The standard InChI is InChI=1S/C18H35N5O3/c1-17(2,3)26-16(24)23-11-14(12-23)21-15(19-4)20-13-18(22(5)6)7-9-25-10-8-18/h14H,7-13H2,1-6H3,(H2,19,20,21). The molecule has 0 aromatic rings. The molecule has 2 saturated heterocycles. The molecule has 0 saturated carbocycles. The van der Waals surface area contributed by atoms with Crippen molar-refractivity contribution in [3.05, 3.63) is 0 Å². The van der Waals surface area contributed by atoms with E-state index in [1.165, 1.54) is 0 Å². The van der Waals surface area contributed by atoms with Crippen molar-refractivity contribution in [1.29, 1.82) is 0 Å². The minimum absolute atomic E-state index is 0.0814. The molecule has 2 aliphatic heterocycles. The van der Waals surface area contributed by atoms with Crippen LogP contribution in [-0.2, 0) is 9.47 Å². The van der Waals surface area contributed by atoms with Gasteiger partial charge in [0.05, 0.1) is 6.04 Å². The summed E-state index contributed by atoms with van der Waals surface area (Å²) in [5.41, 5.74) is -0.380. The van der Waals surface area contributed by atoms with Crippen LogP contribution in [0.1, 0.15) is 33.6 Å². The van der Waals surface area contributed by atoms with Gasteiger partial charge in [-0.1, -0.05) is 0 Å². The summed E-state index contributed by atoms with van der Waals surface area (Å²) in [6.07, 6.45) is 1.74. The van der Waals surface area contributed by atoms with Crippen LogP contribution in [0.15, 0.2) is 4.99 Å². The van der Waals surface area contributed by atoms with Crippen molar-refractivity contribution in [2.24, 2.45) is 4.99 Å². The van der Waals surface area contributed by atoms with Gasteiger partial charge in [0, 0.05) is 45.4 Å².